The molecule has 0 bridgehead atoms. The number of benzene rings is 2. The molecule has 1 saturated heterocycles. The Labute approximate surface area is 144 Å². The number of amides is 1. The summed E-state index contributed by atoms with van der Waals surface area (Å²) in [4.78, 5) is 16.5. The van der Waals surface area contributed by atoms with Crippen LogP contribution in [-0.2, 0) is 4.79 Å². The van der Waals surface area contributed by atoms with Gasteiger partial charge in [-0.2, -0.15) is 0 Å². The van der Waals surface area contributed by atoms with Crippen molar-refractivity contribution in [1.82, 2.24) is 4.90 Å². The van der Waals surface area contributed by atoms with Gasteiger partial charge in [0, 0.05) is 32.2 Å². The first-order chi connectivity index (χ1) is 11.6. The molecule has 1 unspecified atom stereocenters. The van der Waals surface area contributed by atoms with Gasteiger partial charge in [-0.1, -0.05) is 56.3 Å². The van der Waals surface area contributed by atoms with Crippen LogP contribution in [0.15, 0.2) is 54.6 Å². The molecular formula is C21H26N2O. The molecular weight excluding hydrogens is 296 g/mol. The maximum Gasteiger partial charge on any atom is 0.220 e. The number of hydrogen-bond acceptors (Lipinski definition) is 2. The van der Waals surface area contributed by atoms with E-state index in [0.717, 1.165) is 19.6 Å². The molecule has 3 nitrogen and oxygen atoms in total. The molecule has 1 heterocycles. The van der Waals surface area contributed by atoms with E-state index in [1.54, 1.807) is 6.92 Å². The van der Waals surface area contributed by atoms with Crippen LogP contribution in [0.5, 0.6) is 0 Å². The summed E-state index contributed by atoms with van der Waals surface area (Å²) < 4.78 is 0. The molecule has 24 heavy (non-hydrogen) atoms. The van der Waals surface area contributed by atoms with Crippen LogP contribution in [0.2, 0.25) is 0 Å². The third-order valence-electron chi connectivity index (χ3n) is 4.87. The van der Waals surface area contributed by atoms with Crippen LogP contribution in [0.25, 0.3) is 0 Å². The predicted molar refractivity (Wildman–Crippen MR) is 99.3 cm³/mol. The Morgan fingerprint density at radius 2 is 1.79 bits per heavy atom. The lowest BCUT2D eigenvalue weighted by molar-refractivity contribution is -0.131. The van der Waals surface area contributed by atoms with Crippen molar-refractivity contribution in [2.45, 2.75) is 32.7 Å². The molecule has 0 saturated carbocycles. The van der Waals surface area contributed by atoms with E-state index in [-0.39, 0.29) is 11.9 Å². The second-order valence-electron chi connectivity index (χ2n) is 6.83. The van der Waals surface area contributed by atoms with Gasteiger partial charge >= 0.3 is 0 Å². The van der Waals surface area contributed by atoms with E-state index in [9.17, 15) is 4.79 Å². The van der Waals surface area contributed by atoms with Gasteiger partial charge in [-0.25, -0.2) is 0 Å². The fourth-order valence-corrected chi connectivity index (χ4v) is 3.44. The van der Waals surface area contributed by atoms with Crippen molar-refractivity contribution in [2.24, 2.45) is 0 Å². The Morgan fingerprint density at radius 1 is 1.04 bits per heavy atom. The van der Waals surface area contributed by atoms with E-state index in [4.69, 9.17) is 0 Å². The van der Waals surface area contributed by atoms with E-state index in [0.29, 0.717) is 5.92 Å². The summed E-state index contributed by atoms with van der Waals surface area (Å²) in [5.41, 5.74) is 3.82. The van der Waals surface area contributed by atoms with Crippen LogP contribution in [0.1, 0.15) is 43.9 Å². The molecule has 0 aromatic heterocycles. The second kappa shape index (κ2) is 7.08. The molecule has 1 atom stereocenters. The Kier molecular flexibility index (Phi) is 4.89. The second-order valence-corrected chi connectivity index (χ2v) is 6.83. The summed E-state index contributed by atoms with van der Waals surface area (Å²) in [6.07, 6.45) is 0. The highest BCUT2D eigenvalue weighted by Gasteiger charge is 2.30. The van der Waals surface area contributed by atoms with Crippen LogP contribution < -0.4 is 4.90 Å². The van der Waals surface area contributed by atoms with E-state index in [1.165, 1.54) is 16.8 Å². The predicted octanol–water partition coefficient (Wildman–Crippen LogP) is 4.22. The van der Waals surface area contributed by atoms with Crippen LogP contribution in [0, 0.1) is 0 Å². The highest BCUT2D eigenvalue weighted by atomic mass is 16.2. The van der Waals surface area contributed by atoms with Crippen LogP contribution in [0.4, 0.5) is 5.69 Å². The average Bonchev–Trinajstić information content (AvgIpc) is 2.62. The molecule has 0 aliphatic carbocycles. The van der Waals surface area contributed by atoms with E-state index in [2.05, 4.69) is 55.1 Å². The van der Waals surface area contributed by atoms with E-state index in [1.807, 2.05) is 23.1 Å². The molecule has 1 aliphatic heterocycles. The van der Waals surface area contributed by atoms with Crippen molar-refractivity contribution in [3.8, 4) is 0 Å². The smallest absolute Gasteiger partial charge is 0.220 e. The minimum Gasteiger partial charge on any atom is -0.367 e. The monoisotopic (exact) mass is 322 g/mol. The summed E-state index contributed by atoms with van der Waals surface area (Å²) >= 11 is 0. The highest BCUT2D eigenvalue weighted by Crippen LogP contribution is 2.30. The van der Waals surface area contributed by atoms with Gasteiger partial charge in [-0.15, -0.1) is 0 Å². The number of piperazine rings is 1. The molecule has 126 valence electrons. The zero-order valence-electron chi connectivity index (χ0n) is 14.8. The third kappa shape index (κ3) is 3.45. The average molecular weight is 322 g/mol. The molecule has 1 aliphatic rings. The third-order valence-corrected chi connectivity index (χ3v) is 4.87. The zero-order valence-corrected chi connectivity index (χ0v) is 14.8. The lowest BCUT2D eigenvalue weighted by Crippen LogP contribution is -2.50. The molecule has 0 radical (unpaired) electrons. The van der Waals surface area contributed by atoms with E-state index >= 15 is 0 Å². The fourth-order valence-electron chi connectivity index (χ4n) is 3.44. The maximum absolute atomic E-state index is 12.1. The normalized spacial score (nSPS) is 18.1. The SMILES string of the molecule is CC(=O)N1CCN(c2cccc(C(C)C)c2)CC1c1ccccc1. The topological polar surface area (TPSA) is 23.6 Å². The summed E-state index contributed by atoms with van der Waals surface area (Å²) in [5.74, 6) is 0.674. The first-order valence-electron chi connectivity index (χ1n) is 8.73. The van der Waals surface area contributed by atoms with Crippen molar-refractivity contribution in [3.05, 3.63) is 65.7 Å². The van der Waals surface area contributed by atoms with Crippen molar-refractivity contribution in [1.29, 1.82) is 0 Å². The Balaban J connectivity index is 1.88. The van der Waals surface area contributed by atoms with Gasteiger partial charge in [-0.3, -0.25) is 4.79 Å². The highest BCUT2D eigenvalue weighted by molar-refractivity contribution is 5.74. The molecule has 3 heteroatoms. The summed E-state index contributed by atoms with van der Waals surface area (Å²) in [5, 5.41) is 0. The Hall–Kier alpha value is -2.29. The van der Waals surface area contributed by atoms with Gasteiger partial charge in [0.25, 0.3) is 0 Å². The van der Waals surface area contributed by atoms with Gasteiger partial charge in [0.05, 0.1) is 6.04 Å². The minimum atomic E-state index is 0.111. The standard InChI is InChI=1S/C21H26N2O/c1-16(2)19-10-7-11-20(14-19)22-12-13-23(17(3)24)21(15-22)18-8-5-4-6-9-18/h4-11,14,16,21H,12-13,15H2,1-3H3. The number of carbonyl (C=O) groups excluding carboxylic acids is 1. The van der Waals surface area contributed by atoms with Gasteiger partial charge in [-0.05, 0) is 29.2 Å². The van der Waals surface area contributed by atoms with Crippen LogP contribution in [0.3, 0.4) is 0 Å². The van der Waals surface area contributed by atoms with Gasteiger partial charge < -0.3 is 9.80 Å². The number of anilines is 1. The summed E-state index contributed by atoms with van der Waals surface area (Å²) in [7, 11) is 0. The number of hydrogen-bond donors (Lipinski definition) is 0. The Morgan fingerprint density at radius 3 is 2.46 bits per heavy atom. The van der Waals surface area contributed by atoms with Crippen molar-refractivity contribution < 1.29 is 4.79 Å². The molecule has 2 aromatic rings. The van der Waals surface area contributed by atoms with Crippen molar-refractivity contribution >= 4 is 11.6 Å². The zero-order chi connectivity index (χ0) is 17.1. The molecule has 1 amide bonds. The lowest BCUT2D eigenvalue weighted by atomic mass is 10.00. The number of carbonyl (C=O) groups is 1. The Bertz CT molecular complexity index is 696. The largest absolute Gasteiger partial charge is 0.367 e. The van der Waals surface area contributed by atoms with Crippen molar-refractivity contribution in [3.63, 3.8) is 0 Å². The quantitative estimate of drug-likeness (QED) is 0.845. The van der Waals surface area contributed by atoms with E-state index < -0.39 is 0 Å². The van der Waals surface area contributed by atoms with Gasteiger partial charge in [0.15, 0.2) is 0 Å². The van der Waals surface area contributed by atoms with Gasteiger partial charge in [0.2, 0.25) is 5.91 Å². The van der Waals surface area contributed by atoms with Crippen molar-refractivity contribution in [2.75, 3.05) is 24.5 Å². The number of rotatable bonds is 3. The number of nitrogens with zero attached hydrogens (tertiary/aromatic N) is 2. The molecule has 0 N–H and O–H groups in total. The molecule has 1 fully saturated rings. The maximum atomic E-state index is 12.1. The lowest BCUT2D eigenvalue weighted by Gasteiger charge is -2.42. The van der Waals surface area contributed by atoms with Crippen LogP contribution >= 0.6 is 0 Å². The fraction of sp³-hybridized carbons (Fsp3) is 0.381. The molecule has 0 spiro atoms. The minimum absolute atomic E-state index is 0.111. The first-order valence-corrected chi connectivity index (χ1v) is 8.73. The van der Waals surface area contributed by atoms with Crippen LogP contribution in [-0.4, -0.2) is 30.4 Å². The first kappa shape index (κ1) is 16.6. The summed E-state index contributed by atoms with van der Waals surface area (Å²) in [6.45, 7) is 8.60. The molecule has 3 rings (SSSR count). The van der Waals surface area contributed by atoms with Gasteiger partial charge in [0.1, 0.15) is 0 Å². The molecule has 2 aromatic carbocycles. The summed E-state index contributed by atoms with van der Waals surface area (Å²) in [6, 6.07) is 19.3.